The number of rotatable bonds is 7. The molecule has 28 heavy (non-hydrogen) atoms. The van der Waals surface area contributed by atoms with Crippen LogP contribution in [0.4, 0.5) is 11.4 Å². The Morgan fingerprint density at radius 1 is 1.00 bits per heavy atom. The molecule has 0 aliphatic rings. The van der Waals surface area contributed by atoms with E-state index in [1.165, 1.54) is 5.56 Å². The summed E-state index contributed by atoms with van der Waals surface area (Å²) in [6, 6.07) is 12.8. The van der Waals surface area contributed by atoms with E-state index < -0.39 is 0 Å². The second-order valence-corrected chi connectivity index (χ2v) is 7.05. The van der Waals surface area contributed by atoms with Gasteiger partial charge in [0.05, 0.1) is 18.2 Å². The summed E-state index contributed by atoms with van der Waals surface area (Å²) < 4.78 is 0. The first-order chi connectivity index (χ1) is 13.3. The van der Waals surface area contributed by atoms with E-state index in [2.05, 4.69) is 10.6 Å². The highest BCUT2D eigenvalue weighted by Crippen LogP contribution is 2.21. The van der Waals surface area contributed by atoms with Crippen molar-refractivity contribution in [3.05, 3.63) is 58.7 Å². The van der Waals surface area contributed by atoms with Crippen LogP contribution in [0, 0.1) is 32.1 Å². The van der Waals surface area contributed by atoms with Crippen LogP contribution < -0.4 is 10.6 Å². The third-order valence-corrected chi connectivity index (χ3v) is 4.37. The Morgan fingerprint density at radius 3 is 2.18 bits per heavy atom. The molecule has 2 N–H and O–H groups in total. The van der Waals surface area contributed by atoms with Crippen molar-refractivity contribution in [2.24, 2.45) is 0 Å². The smallest absolute Gasteiger partial charge is 0.238 e. The molecule has 2 amide bonds. The van der Waals surface area contributed by atoms with Gasteiger partial charge in [0.25, 0.3) is 0 Å². The van der Waals surface area contributed by atoms with Gasteiger partial charge in [-0.3, -0.25) is 14.5 Å². The third-order valence-electron chi connectivity index (χ3n) is 4.37. The molecule has 0 heterocycles. The molecule has 0 bridgehead atoms. The van der Waals surface area contributed by atoms with E-state index >= 15 is 0 Å². The molecule has 0 aliphatic heterocycles. The Hall–Kier alpha value is -3.17. The van der Waals surface area contributed by atoms with Crippen LogP contribution in [-0.2, 0) is 9.59 Å². The van der Waals surface area contributed by atoms with E-state index in [0.717, 1.165) is 16.8 Å². The predicted molar refractivity (Wildman–Crippen MR) is 111 cm³/mol. The minimum Gasteiger partial charge on any atom is -0.326 e. The van der Waals surface area contributed by atoms with Crippen molar-refractivity contribution in [2.75, 3.05) is 30.8 Å². The fourth-order valence-electron chi connectivity index (χ4n) is 3.02. The van der Waals surface area contributed by atoms with E-state index in [9.17, 15) is 9.59 Å². The van der Waals surface area contributed by atoms with Gasteiger partial charge >= 0.3 is 0 Å². The molecule has 2 aromatic rings. The number of benzene rings is 2. The van der Waals surface area contributed by atoms with Gasteiger partial charge in [0.1, 0.15) is 0 Å². The molecular weight excluding hydrogens is 352 g/mol. The zero-order chi connectivity index (χ0) is 20.7. The fraction of sp³-hybridized carbons (Fsp3) is 0.318. The summed E-state index contributed by atoms with van der Waals surface area (Å²) in [4.78, 5) is 26.2. The lowest BCUT2D eigenvalue weighted by molar-refractivity contribution is -0.119. The summed E-state index contributed by atoms with van der Waals surface area (Å²) in [5.74, 6) is -0.243. The second-order valence-electron chi connectivity index (χ2n) is 7.05. The van der Waals surface area contributed by atoms with Gasteiger partial charge < -0.3 is 10.6 Å². The van der Waals surface area contributed by atoms with Crippen LogP contribution in [0.25, 0.3) is 0 Å². The number of hydrogen-bond donors (Lipinski definition) is 2. The zero-order valence-corrected chi connectivity index (χ0v) is 16.8. The molecular formula is C22H26N4O2. The summed E-state index contributed by atoms with van der Waals surface area (Å²) in [7, 11) is 1.81. The summed E-state index contributed by atoms with van der Waals surface area (Å²) in [5, 5.41) is 14.5. The average molecular weight is 378 g/mol. The highest BCUT2D eigenvalue weighted by Gasteiger charge is 2.12. The quantitative estimate of drug-likeness (QED) is 0.773. The Balaban J connectivity index is 1.80. The van der Waals surface area contributed by atoms with Crippen LogP contribution >= 0.6 is 0 Å². The molecule has 2 rings (SSSR count). The van der Waals surface area contributed by atoms with Crippen LogP contribution in [0.5, 0.6) is 0 Å². The number of nitrogens with one attached hydrogen (secondary N) is 2. The minimum absolute atomic E-state index is 0.106. The molecule has 0 atom stereocenters. The Morgan fingerprint density at radius 2 is 1.61 bits per heavy atom. The summed E-state index contributed by atoms with van der Waals surface area (Å²) in [5.41, 5.74) is 5.28. The molecule has 0 fully saturated rings. The number of nitrogens with zero attached hydrogens (tertiary/aromatic N) is 2. The molecule has 0 radical (unpaired) electrons. The van der Waals surface area contributed by atoms with Crippen molar-refractivity contribution in [1.82, 2.24) is 4.90 Å². The number of carbonyl (C=O) groups excluding carboxylic acids is 2. The van der Waals surface area contributed by atoms with Gasteiger partial charge in [0.2, 0.25) is 11.8 Å². The molecule has 2 aromatic carbocycles. The third kappa shape index (κ3) is 6.22. The zero-order valence-electron chi connectivity index (χ0n) is 16.8. The highest BCUT2D eigenvalue weighted by atomic mass is 16.2. The van der Waals surface area contributed by atoms with E-state index in [0.29, 0.717) is 17.8 Å². The first kappa shape index (κ1) is 21.1. The normalized spacial score (nSPS) is 10.4. The van der Waals surface area contributed by atoms with Crippen LogP contribution in [-0.4, -0.2) is 36.9 Å². The maximum absolute atomic E-state index is 12.3. The van der Waals surface area contributed by atoms with Gasteiger partial charge in [-0.05, 0) is 63.2 Å². The summed E-state index contributed by atoms with van der Waals surface area (Å²) >= 11 is 0. The first-order valence-electron chi connectivity index (χ1n) is 9.14. The molecule has 0 aliphatic carbocycles. The largest absolute Gasteiger partial charge is 0.326 e. The number of anilines is 2. The number of nitriles is 1. The maximum Gasteiger partial charge on any atom is 0.238 e. The maximum atomic E-state index is 12.3. The molecule has 0 unspecified atom stereocenters. The first-order valence-corrected chi connectivity index (χ1v) is 9.14. The van der Waals surface area contributed by atoms with E-state index in [1.54, 1.807) is 24.3 Å². The van der Waals surface area contributed by atoms with Gasteiger partial charge in [0, 0.05) is 24.3 Å². The highest BCUT2D eigenvalue weighted by molar-refractivity contribution is 5.94. The number of carbonyl (C=O) groups is 2. The monoisotopic (exact) mass is 378 g/mol. The number of hydrogen-bond acceptors (Lipinski definition) is 4. The number of amides is 2. The predicted octanol–water partition coefficient (Wildman–Crippen LogP) is 3.38. The Labute approximate surface area is 166 Å². The fourth-order valence-corrected chi connectivity index (χ4v) is 3.02. The van der Waals surface area contributed by atoms with Crippen molar-refractivity contribution in [1.29, 1.82) is 5.26 Å². The van der Waals surface area contributed by atoms with Crippen molar-refractivity contribution in [2.45, 2.75) is 27.2 Å². The van der Waals surface area contributed by atoms with E-state index in [4.69, 9.17) is 5.26 Å². The van der Waals surface area contributed by atoms with Crippen molar-refractivity contribution in [3.63, 3.8) is 0 Å². The molecule has 6 nitrogen and oxygen atoms in total. The van der Waals surface area contributed by atoms with Crippen molar-refractivity contribution < 1.29 is 9.59 Å². The average Bonchev–Trinajstić information content (AvgIpc) is 2.63. The lowest BCUT2D eigenvalue weighted by Crippen LogP contribution is -2.32. The number of likely N-dealkylation sites (N-methyl/N-ethyl adjacent to an activating group) is 1. The molecule has 0 spiro atoms. The number of aryl methyl sites for hydroxylation is 3. The lowest BCUT2D eigenvalue weighted by atomic mass is 10.1. The van der Waals surface area contributed by atoms with Gasteiger partial charge in [0.15, 0.2) is 0 Å². The van der Waals surface area contributed by atoms with Gasteiger partial charge in [-0.15, -0.1) is 0 Å². The van der Waals surface area contributed by atoms with Crippen molar-refractivity contribution in [3.8, 4) is 6.07 Å². The molecule has 0 aromatic heterocycles. The molecule has 6 heteroatoms. The van der Waals surface area contributed by atoms with Gasteiger partial charge in [-0.1, -0.05) is 17.7 Å². The molecule has 146 valence electrons. The SMILES string of the molecule is Cc1cc(C)c(NC(=O)CN(C)CCC(=O)Nc2ccc(C#N)cc2)c(C)c1. The Bertz CT molecular complexity index is 875. The minimum atomic E-state index is -0.137. The second kappa shape index (κ2) is 9.67. The molecule has 0 saturated heterocycles. The lowest BCUT2D eigenvalue weighted by Gasteiger charge is -2.18. The van der Waals surface area contributed by atoms with Crippen LogP contribution in [0.3, 0.4) is 0 Å². The molecule has 0 saturated carbocycles. The standard InChI is InChI=1S/C22H26N4O2/c1-15-11-16(2)22(17(3)12-15)25-21(28)14-26(4)10-9-20(27)24-19-7-5-18(13-23)6-8-19/h5-8,11-12H,9-10,14H2,1-4H3,(H,24,27)(H,25,28). The van der Waals surface area contributed by atoms with Crippen LogP contribution in [0.1, 0.15) is 28.7 Å². The van der Waals surface area contributed by atoms with Gasteiger partial charge in [-0.25, -0.2) is 0 Å². The van der Waals surface area contributed by atoms with Crippen molar-refractivity contribution >= 4 is 23.2 Å². The van der Waals surface area contributed by atoms with Gasteiger partial charge in [-0.2, -0.15) is 5.26 Å². The Kier molecular flexibility index (Phi) is 7.30. The topological polar surface area (TPSA) is 85.2 Å². The van der Waals surface area contributed by atoms with Crippen LogP contribution in [0.15, 0.2) is 36.4 Å². The van der Waals surface area contributed by atoms with Crippen LogP contribution in [0.2, 0.25) is 0 Å². The van der Waals surface area contributed by atoms with E-state index in [1.807, 2.05) is 50.9 Å². The summed E-state index contributed by atoms with van der Waals surface area (Å²) in [6.07, 6.45) is 0.270. The summed E-state index contributed by atoms with van der Waals surface area (Å²) in [6.45, 7) is 6.65. The van der Waals surface area contributed by atoms with E-state index in [-0.39, 0.29) is 24.8 Å².